The minimum absolute atomic E-state index is 0.203. The quantitative estimate of drug-likeness (QED) is 0.684. The maximum Gasteiger partial charge on any atom is 0.278 e. The van der Waals surface area contributed by atoms with Crippen molar-refractivity contribution in [1.29, 1.82) is 0 Å². The fraction of sp³-hybridized carbons (Fsp3) is 0.227. The van der Waals surface area contributed by atoms with Gasteiger partial charge in [-0.1, -0.05) is 30.3 Å². The second-order valence-electron chi connectivity index (χ2n) is 6.89. The summed E-state index contributed by atoms with van der Waals surface area (Å²) in [5, 5.41) is 0. The molecule has 0 saturated carbocycles. The average molecular weight is 391 g/mol. The van der Waals surface area contributed by atoms with Gasteiger partial charge in [0.25, 0.3) is 5.91 Å². The summed E-state index contributed by atoms with van der Waals surface area (Å²) in [6.07, 6.45) is 3.14. The topological polar surface area (TPSA) is 52.6 Å². The molecule has 1 aliphatic rings. The second-order valence-corrected chi connectivity index (χ2v) is 6.89. The van der Waals surface area contributed by atoms with Crippen molar-refractivity contribution in [1.82, 2.24) is 9.97 Å². The number of halogens is 1. The van der Waals surface area contributed by atoms with Gasteiger partial charge in [0, 0.05) is 38.9 Å². The van der Waals surface area contributed by atoms with Gasteiger partial charge >= 0.3 is 0 Å². The fourth-order valence-electron chi connectivity index (χ4n) is 3.42. The molecule has 1 fully saturated rings. The first-order valence-corrected chi connectivity index (χ1v) is 9.53. The van der Waals surface area contributed by atoms with Gasteiger partial charge in [0.1, 0.15) is 17.3 Å². The molecule has 1 aliphatic heterocycles. The molecule has 29 heavy (non-hydrogen) atoms. The minimum Gasteiger partial charge on any atom is -0.366 e. The van der Waals surface area contributed by atoms with Crippen LogP contribution in [0.3, 0.4) is 0 Å². The van der Waals surface area contributed by atoms with Gasteiger partial charge in [0.05, 0.1) is 18.1 Å². The number of aromatic nitrogens is 2. The predicted octanol–water partition coefficient (Wildman–Crippen LogP) is 3.22. The lowest BCUT2D eigenvalue weighted by molar-refractivity contribution is 0.0988. The molecule has 0 aliphatic carbocycles. The van der Waals surface area contributed by atoms with Gasteiger partial charge in [0.15, 0.2) is 0 Å². The number of carbonyl (C=O) groups excluding carboxylic acids is 1. The van der Waals surface area contributed by atoms with Crippen LogP contribution in [-0.2, 0) is 0 Å². The molecule has 0 unspecified atom stereocenters. The summed E-state index contributed by atoms with van der Waals surface area (Å²) < 4.78 is 14.0. The lowest BCUT2D eigenvalue weighted by atomic mass is 10.2. The van der Waals surface area contributed by atoms with Crippen molar-refractivity contribution in [2.75, 3.05) is 47.9 Å². The molecule has 3 aromatic rings. The van der Waals surface area contributed by atoms with Crippen LogP contribution in [0.1, 0.15) is 10.5 Å². The summed E-state index contributed by atoms with van der Waals surface area (Å²) >= 11 is 0. The molecule has 0 spiro atoms. The lowest BCUT2D eigenvalue weighted by Crippen LogP contribution is -2.47. The van der Waals surface area contributed by atoms with E-state index in [1.165, 1.54) is 12.3 Å². The van der Waals surface area contributed by atoms with Crippen molar-refractivity contribution in [3.05, 3.63) is 78.5 Å². The number of hydrogen-bond donors (Lipinski definition) is 0. The molecule has 2 heterocycles. The second kappa shape index (κ2) is 8.26. The van der Waals surface area contributed by atoms with Gasteiger partial charge in [-0.15, -0.1) is 0 Å². The summed E-state index contributed by atoms with van der Waals surface area (Å²) in [6.45, 7) is 2.81. The van der Waals surface area contributed by atoms with E-state index in [-0.39, 0.29) is 11.7 Å². The molecule has 4 rings (SSSR count). The standard InChI is InChI=1S/C22H22FN5O/c1-26(17-7-3-2-4-8-17)22(29)19-15-25-21(16-24-19)28-13-11-27(12-14-28)20-10-6-5-9-18(20)23/h2-10,15-16H,11-14H2,1H3. The highest BCUT2D eigenvalue weighted by Gasteiger charge is 2.21. The Morgan fingerprint density at radius 3 is 2.21 bits per heavy atom. The van der Waals surface area contributed by atoms with Gasteiger partial charge in [0.2, 0.25) is 0 Å². The smallest absolute Gasteiger partial charge is 0.278 e. The van der Waals surface area contributed by atoms with Gasteiger partial charge < -0.3 is 14.7 Å². The van der Waals surface area contributed by atoms with Gasteiger partial charge in [-0.3, -0.25) is 4.79 Å². The Labute approximate surface area is 169 Å². The average Bonchev–Trinajstić information content (AvgIpc) is 2.79. The van der Waals surface area contributed by atoms with E-state index in [2.05, 4.69) is 14.9 Å². The number of piperazine rings is 1. The molecular formula is C22H22FN5O. The van der Waals surface area contributed by atoms with Gasteiger partial charge in [-0.2, -0.15) is 0 Å². The number of carbonyl (C=O) groups is 1. The molecular weight excluding hydrogens is 369 g/mol. The maximum atomic E-state index is 14.0. The molecule has 0 radical (unpaired) electrons. The Morgan fingerprint density at radius 2 is 1.55 bits per heavy atom. The van der Waals surface area contributed by atoms with Crippen LogP contribution >= 0.6 is 0 Å². The van der Waals surface area contributed by atoms with Crippen LogP contribution in [0.15, 0.2) is 67.0 Å². The van der Waals surface area contributed by atoms with Gasteiger partial charge in [-0.05, 0) is 24.3 Å². The van der Waals surface area contributed by atoms with E-state index >= 15 is 0 Å². The van der Waals surface area contributed by atoms with Crippen molar-refractivity contribution in [2.24, 2.45) is 0 Å². The number of benzene rings is 2. The zero-order chi connectivity index (χ0) is 20.2. The zero-order valence-corrected chi connectivity index (χ0v) is 16.2. The highest BCUT2D eigenvalue weighted by molar-refractivity contribution is 6.04. The van der Waals surface area contributed by atoms with Crippen molar-refractivity contribution in [3.8, 4) is 0 Å². The zero-order valence-electron chi connectivity index (χ0n) is 16.2. The Bertz CT molecular complexity index is 972. The van der Waals surface area contributed by atoms with E-state index < -0.39 is 0 Å². The lowest BCUT2D eigenvalue weighted by Gasteiger charge is -2.36. The number of anilines is 3. The molecule has 6 nitrogen and oxygen atoms in total. The first kappa shape index (κ1) is 18.9. The van der Waals surface area contributed by atoms with E-state index in [9.17, 15) is 9.18 Å². The first-order valence-electron chi connectivity index (χ1n) is 9.53. The minimum atomic E-state index is -0.209. The summed E-state index contributed by atoms with van der Waals surface area (Å²) in [5.74, 6) is 0.308. The van der Waals surface area contributed by atoms with Gasteiger partial charge in [-0.25, -0.2) is 14.4 Å². The van der Waals surface area contributed by atoms with Crippen molar-refractivity contribution < 1.29 is 9.18 Å². The van der Waals surface area contributed by atoms with Crippen LogP contribution in [0, 0.1) is 5.82 Å². The summed E-state index contributed by atoms with van der Waals surface area (Å²) in [4.78, 5) is 27.1. The molecule has 2 aromatic carbocycles. The number of rotatable bonds is 4. The predicted molar refractivity (Wildman–Crippen MR) is 112 cm³/mol. The molecule has 1 aromatic heterocycles. The third-order valence-corrected chi connectivity index (χ3v) is 5.10. The molecule has 1 saturated heterocycles. The monoisotopic (exact) mass is 391 g/mol. The van der Waals surface area contributed by atoms with Crippen LogP contribution in [0.25, 0.3) is 0 Å². The maximum absolute atomic E-state index is 14.0. The Morgan fingerprint density at radius 1 is 0.897 bits per heavy atom. The van der Waals surface area contributed by atoms with Crippen LogP contribution < -0.4 is 14.7 Å². The molecule has 0 N–H and O–H groups in total. The third kappa shape index (κ3) is 4.03. The van der Waals surface area contributed by atoms with E-state index in [1.54, 1.807) is 30.3 Å². The van der Waals surface area contributed by atoms with Crippen molar-refractivity contribution in [2.45, 2.75) is 0 Å². The first-order chi connectivity index (χ1) is 14.1. The normalized spacial score (nSPS) is 14.0. The largest absolute Gasteiger partial charge is 0.366 e. The third-order valence-electron chi connectivity index (χ3n) is 5.10. The number of amides is 1. The van der Waals surface area contributed by atoms with Crippen LogP contribution in [0.2, 0.25) is 0 Å². The molecule has 148 valence electrons. The number of para-hydroxylation sites is 2. The summed E-state index contributed by atoms with van der Waals surface area (Å²) in [5.41, 5.74) is 1.72. The highest BCUT2D eigenvalue weighted by atomic mass is 19.1. The Kier molecular flexibility index (Phi) is 5.37. The van der Waals surface area contributed by atoms with Crippen molar-refractivity contribution >= 4 is 23.1 Å². The van der Waals surface area contributed by atoms with Crippen LogP contribution in [0.5, 0.6) is 0 Å². The van der Waals surface area contributed by atoms with Crippen LogP contribution in [0.4, 0.5) is 21.6 Å². The summed E-state index contributed by atoms with van der Waals surface area (Å²) in [6, 6.07) is 16.2. The van der Waals surface area contributed by atoms with E-state index in [4.69, 9.17) is 0 Å². The van der Waals surface area contributed by atoms with E-state index in [0.717, 1.165) is 11.5 Å². The Hall–Kier alpha value is -3.48. The van der Waals surface area contributed by atoms with Crippen LogP contribution in [-0.4, -0.2) is 49.1 Å². The molecule has 7 heteroatoms. The number of hydrogen-bond acceptors (Lipinski definition) is 5. The molecule has 0 bridgehead atoms. The summed E-state index contributed by atoms with van der Waals surface area (Å²) in [7, 11) is 1.72. The van der Waals surface area contributed by atoms with E-state index in [1.807, 2.05) is 41.3 Å². The highest BCUT2D eigenvalue weighted by Crippen LogP contribution is 2.22. The molecule has 1 amide bonds. The fourth-order valence-corrected chi connectivity index (χ4v) is 3.42. The van der Waals surface area contributed by atoms with Crippen molar-refractivity contribution in [3.63, 3.8) is 0 Å². The molecule has 0 atom stereocenters. The SMILES string of the molecule is CN(C(=O)c1cnc(N2CCN(c3ccccc3F)CC2)cn1)c1ccccc1. The Balaban J connectivity index is 1.40. The van der Waals surface area contributed by atoms with E-state index in [0.29, 0.717) is 37.6 Å². The number of nitrogens with zero attached hydrogens (tertiary/aromatic N) is 5.